The largest absolute Gasteiger partial charge is 0.371 e. The van der Waals surface area contributed by atoms with Gasteiger partial charge in [0.25, 0.3) is 0 Å². The molecule has 2 N–H and O–H groups in total. The van der Waals surface area contributed by atoms with Gasteiger partial charge in [0.2, 0.25) is 0 Å². The Morgan fingerprint density at radius 2 is 1.72 bits per heavy atom. The number of nitrogens with one attached hydrogen (secondary N) is 2. The molecule has 0 bridgehead atoms. The van der Waals surface area contributed by atoms with Crippen molar-refractivity contribution in [2.24, 2.45) is 4.99 Å². The molecule has 166 valence electrons. The number of aliphatic imine (C=N–C) groups is 1. The van der Waals surface area contributed by atoms with Crippen molar-refractivity contribution in [3.05, 3.63) is 30.3 Å². The van der Waals surface area contributed by atoms with E-state index in [1.54, 1.807) is 0 Å². The Kier molecular flexibility index (Phi) is 12.6. The SMILES string of the molecule is CCNC(=NCCCN(C(C)C)C(C)C)NC1CCN(c2ccccc2)CC1.I. The molecule has 1 aromatic carbocycles. The fourth-order valence-electron chi connectivity index (χ4n) is 3.99. The first-order chi connectivity index (χ1) is 13.5. The molecule has 0 aliphatic carbocycles. The van der Waals surface area contributed by atoms with E-state index >= 15 is 0 Å². The molecule has 1 saturated heterocycles. The van der Waals surface area contributed by atoms with Crippen molar-refractivity contribution >= 4 is 35.6 Å². The van der Waals surface area contributed by atoms with Crippen LogP contribution >= 0.6 is 24.0 Å². The molecule has 1 aliphatic heterocycles. The summed E-state index contributed by atoms with van der Waals surface area (Å²) in [6, 6.07) is 12.4. The minimum absolute atomic E-state index is 0. The van der Waals surface area contributed by atoms with E-state index in [4.69, 9.17) is 4.99 Å². The van der Waals surface area contributed by atoms with Gasteiger partial charge in [-0.05, 0) is 66.0 Å². The Hall–Kier alpha value is -1.02. The van der Waals surface area contributed by atoms with Gasteiger partial charge in [0.05, 0.1) is 0 Å². The van der Waals surface area contributed by atoms with Crippen LogP contribution < -0.4 is 15.5 Å². The van der Waals surface area contributed by atoms with Gasteiger partial charge in [-0.1, -0.05) is 18.2 Å². The number of rotatable bonds is 9. The maximum Gasteiger partial charge on any atom is 0.191 e. The maximum atomic E-state index is 4.83. The van der Waals surface area contributed by atoms with Crippen molar-refractivity contribution in [2.75, 3.05) is 37.6 Å². The summed E-state index contributed by atoms with van der Waals surface area (Å²) in [5, 5.41) is 7.08. The molecule has 0 amide bonds. The Morgan fingerprint density at radius 1 is 1.10 bits per heavy atom. The highest BCUT2D eigenvalue weighted by atomic mass is 127. The minimum Gasteiger partial charge on any atom is -0.371 e. The summed E-state index contributed by atoms with van der Waals surface area (Å²) >= 11 is 0. The summed E-state index contributed by atoms with van der Waals surface area (Å²) in [6.07, 6.45) is 3.39. The second-order valence-electron chi connectivity index (χ2n) is 8.28. The third-order valence-corrected chi connectivity index (χ3v) is 5.47. The highest BCUT2D eigenvalue weighted by Gasteiger charge is 2.20. The van der Waals surface area contributed by atoms with Crippen molar-refractivity contribution in [2.45, 2.75) is 72.0 Å². The van der Waals surface area contributed by atoms with Crippen LogP contribution in [0.15, 0.2) is 35.3 Å². The van der Waals surface area contributed by atoms with Crippen molar-refractivity contribution in [1.29, 1.82) is 0 Å². The predicted molar refractivity (Wildman–Crippen MR) is 138 cm³/mol. The Morgan fingerprint density at radius 3 is 2.28 bits per heavy atom. The van der Waals surface area contributed by atoms with Crippen LogP contribution in [0.25, 0.3) is 0 Å². The van der Waals surface area contributed by atoms with E-state index in [1.165, 1.54) is 5.69 Å². The van der Waals surface area contributed by atoms with E-state index in [0.717, 1.165) is 57.9 Å². The summed E-state index contributed by atoms with van der Waals surface area (Å²) in [4.78, 5) is 9.85. The Bertz CT molecular complexity index is 560. The summed E-state index contributed by atoms with van der Waals surface area (Å²) in [6.45, 7) is 16.3. The first-order valence-electron chi connectivity index (χ1n) is 11.1. The molecule has 1 aliphatic rings. The van der Waals surface area contributed by atoms with Gasteiger partial charge < -0.3 is 15.5 Å². The number of halogens is 1. The zero-order valence-corrected chi connectivity index (χ0v) is 21.4. The van der Waals surface area contributed by atoms with Crippen LogP contribution in [-0.2, 0) is 0 Å². The molecule has 0 aromatic heterocycles. The van der Waals surface area contributed by atoms with Crippen LogP contribution in [0.4, 0.5) is 5.69 Å². The van der Waals surface area contributed by atoms with Crippen molar-refractivity contribution < 1.29 is 0 Å². The van der Waals surface area contributed by atoms with Gasteiger partial charge in [-0.15, -0.1) is 24.0 Å². The fraction of sp³-hybridized carbons (Fsp3) is 0.696. The molecule has 5 nitrogen and oxygen atoms in total. The number of guanidine groups is 1. The van der Waals surface area contributed by atoms with E-state index in [9.17, 15) is 0 Å². The minimum atomic E-state index is 0. The molecule has 0 unspecified atom stereocenters. The van der Waals surface area contributed by atoms with Crippen molar-refractivity contribution in [3.8, 4) is 0 Å². The van der Waals surface area contributed by atoms with Gasteiger partial charge in [-0.25, -0.2) is 0 Å². The van der Waals surface area contributed by atoms with Crippen LogP contribution in [0, 0.1) is 0 Å². The van der Waals surface area contributed by atoms with Crippen LogP contribution in [0.5, 0.6) is 0 Å². The zero-order chi connectivity index (χ0) is 20.4. The zero-order valence-electron chi connectivity index (χ0n) is 19.0. The molecular formula is C23H42IN5. The number of nitrogens with zero attached hydrogens (tertiary/aromatic N) is 3. The molecule has 1 heterocycles. The normalized spacial score (nSPS) is 15.7. The molecule has 0 radical (unpaired) electrons. The second kappa shape index (κ2) is 14.1. The molecule has 1 fully saturated rings. The summed E-state index contributed by atoms with van der Waals surface area (Å²) < 4.78 is 0. The van der Waals surface area contributed by atoms with Gasteiger partial charge >= 0.3 is 0 Å². The van der Waals surface area contributed by atoms with E-state index in [-0.39, 0.29) is 24.0 Å². The van der Waals surface area contributed by atoms with Crippen molar-refractivity contribution in [1.82, 2.24) is 15.5 Å². The van der Waals surface area contributed by atoms with Gasteiger partial charge in [0.1, 0.15) is 0 Å². The summed E-state index contributed by atoms with van der Waals surface area (Å²) in [7, 11) is 0. The highest BCUT2D eigenvalue weighted by Crippen LogP contribution is 2.19. The summed E-state index contributed by atoms with van der Waals surface area (Å²) in [5.74, 6) is 0.973. The van der Waals surface area contributed by atoms with Gasteiger partial charge in [0.15, 0.2) is 5.96 Å². The molecule has 0 saturated carbocycles. The smallest absolute Gasteiger partial charge is 0.191 e. The lowest BCUT2D eigenvalue weighted by Crippen LogP contribution is -2.48. The topological polar surface area (TPSA) is 42.9 Å². The molecule has 29 heavy (non-hydrogen) atoms. The Labute approximate surface area is 195 Å². The lowest BCUT2D eigenvalue weighted by Gasteiger charge is -2.34. The lowest BCUT2D eigenvalue weighted by atomic mass is 10.0. The third-order valence-electron chi connectivity index (χ3n) is 5.47. The van der Waals surface area contributed by atoms with Gasteiger partial charge in [-0.2, -0.15) is 0 Å². The highest BCUT2D eigenvalue weighted by molar-refractivity contribution is 14.0. The van der Waals surface area contributed by atoms with Crippen LogP contribution in [0.2, 0.25) is 0 Å². The number of piperidine rings is 1. The lowest BCUT2D eigenvalue weighted by molar-refractivity contribution is 0.174. The first kappa shape index (κ1) is 26.0. The average molecular weight is 516 g/mol. The van der Waals surface area contributed by atoms with E-state index in [0.29, 0.717) is 18.1 Å². The molecular weight excluding hydrogens is 473 g/mol. The molecule has 1 aromatic rings. The average Bonchev–Trinajstić information content (AvgIpc) is 2.68. The van der Waals surface area contributed by atoms with Crippen molar-refractivity contribution in [3.63, 3.8) is 0 Å². The second-order valence-corrected chi connectivity index (χ2v) is 8.28. The van der Waals surface area contributed by atoms with E-state index in [1.807, 2.05) is 0 Å². The predicted octanol–water partition coefficient (Wildman–Crippen LogP) is 4.34. The molecule has 2 rings (SSSR count). The monoisotopic (exact) mass is 515 g/mol. The van der Waals surface area contributed by atoms with E-state index in [2.05, 4.69) is 85.4 Å². The quantitative estimate of drug-likeness (QED) is 0.222. The molecule has 0 atom stereocenters. The third kappa shape index (κ3) is 9.11. The van der Waals surface area contributed by atoms with Crippen LogP contribution in [0.3, 0.4) is 0 Å². The number of para-hydroxylation sites is 1. The van der Waals surface area contributed by atoms with Gasteiger partial charge in [0, 0.05) is 56.5 Å². The molecule has 0 spiro atoms. The standard InChI is InChI=1S/C23H41N5.HI/c1-6-24-23(25-15-10-16-28(19(2)3)20(4)5)26-21-13-17-27(18-14-21)22-11-8-7-9-12-22;/h7-9,11-12,19-21H,6,10,13-18H2,1-5H3,(H2,24,25,26);1H. The van der Waals surface area contributed by atoms with Crippen LogP contribution in [0.1, 0.15) is 53.9 Å². The van der Waals surface area contributed by atoms with Gasteiger partial charge in [-0.3, -0.25) is 9.89 Å². The number of benzene rings is 1. The van der Waals surface area contributed by atoms with Crippen LogP contribution in [-0.4, -0.2) is 61.7 Å². The Balaban J connectivity index is 0.00000420. The van der Waals surface area contributed by atoms with E-state index < -0.39 is 0 Å². The fourth-order valence-corrected chi connectivity index (χ4v) is 3.99. The first-order valence-corrected chi connectivity index (χ1v) is 11.1. The summed E-state index contributed by atoms with van der Waals surface area (Å²) in [5.41, 5.74) is 1.33. The maximum absolute atomic E-state index is 4.83. The number of hydrogen-bond acceptors (Lipinski definition) is 3. The molecule has 6 heteroatoms. The number of anilines is 1. The number of hydrogen-bond donors (Lipinski definition) is 2.